The van der Waals surface area contributed by atoms with Crippen LogP contribution >= 0.6 is 11.6 Å². The molecule has 0 radical (unpaired) electrons. The molecule has 1 saturated heterocycles. The van der Waals surface area contributed by atoms with Gasteiger partial charge in [0.05, 0.1) is 0 Å². The van der Waals surface area contributed by atoms with E-state index >= 15 is 0 Å². The number of ether oxygens (including phenoxy) is 1. The summed E-state index contributed by atoms with van der Waals surface area (Å²) < 4.78 is 5.74. The van der Waals surface area contributed by atoms with Gasteiger partial charge in [0.15, 0.2) is 0 Å². The number of hydrogen-bond acceptors (Lipinski definition) is 2. The van der Waals surface area contributed by atoms with Crippen molar-refractivity contribution in [1.82, 2.24) is 4.90 Å². The molecular weight excluding hydrogens is 302 g/mol. The number of allylic oxidation sites excluding steroid dienone is 4. The lowest BCUT2D eigenvalue weighted by atomic mass is 10.1. The highest BCUT2D eigenvalue weighted by Crippen LogP contribution is 2.25. The zero-order valence-corrected chi connectivity index (χ0v) is 12.6. The van der Waals surface area contributed by atoms with Crippen molar-refractivity contribution in [3.63, 3.8) is 0 Å². The molecule has 0 unspecified atom stereocenters. The maximum Gasteiger partial charge on any atom is 0.322 e. The number of carbonyl (C=O) groups is 1. The van der Waals surface area contributed by atoms with E-state index in [1.54, 1.807) is 41.3 Å². The molecule has 0 saturated carbocycles. The summed E-state index contributed by atoms with van der Waals surface area (Å²) in [5.41, 5.74) is 10.3. The zero-order chi connectivity index (χ0) is 15.5. The Hall–Kier alpha value is -2.36. The second kappa shape index (κ2) is 6.18. The molecule has 22 heavy (non-hydrogen) atoms. The molecule has 5 nitrogen and oxygen atoms in total. The first-order valence-corrected chi connectivity index (χ1v) is 7.41. The number of likely N-dealkylation sites (tertiary alicyclic amines) is 1. The normalized spacial score (nSPS) is 18.0. The molecule has 1 aliphatic carbocycles. The van der Waals surface area contributed by atoms with E-state index < -0.39 is 0 Å². The summed E-state index contributed by atoms with van der Waals surface area (Å²) in [6, 6.07) is 7.02. The van der Waals surface area contributed by atoms with Crippen LogP contribution in [-0.4, -0.2) is 27.9 Å². The Morgan fingerprint density at radius 1 is 1.23 bits per heavy atom. The average Bonchev–Trinajstić information content (AvgIpc) is 2.95. The first kappa shape index (κ1) is 14.6. The summed E-state index contributed by atoms with van der Waals surface area (Å²) in [6.45, 7) is 0.658. The average molecular weight is 316 g/mol. The van der Waals surface area contributed by atoms with Crippen LogP contribution in [0.25, 0.3) is 5.53 Å². The summed E-state index contributed by atoms with van der Waals surface area (Å²) in [4.78, 5) is 16.8. The van der Waals surface area contributed by atoms with Crippen molar-refractivity contribution in [2.24, 2.45) is 0 Å². The summed E-state index contributed by atoms with van der Waals surface area (Å²) in [6.07, 6.45) is 5.24. The van der Waals surface area contributed by atoms with Crippen LogP contribution in [0.5, 0.6) is 5.75 Å². The number of amides is 1. The van der Waals surface area contributed by atoms with E-state index in [1.165, 1.54) is 0 Å². The van der Waals surface area contributed by atoms with Gasteiger partial charge >= 0.3 is 5.71 Å². The lowest BCUT2D eigenvalue weighted by Crippen LogP contribution is -2.30. The maximum absolute atomic E-state index is 11.8. The van der Waals surface area contributed by atoms with Crippen molar-refractivity contribution >= 4 is 23.2 Å². The van der Waals surface area contributed by atoms with Gasteiger partial charge in [0.25, 0.3) is 0 Å². The number of carbonyl (C=O) groups excluding carboxylic acids is 1. The third-order valence-corrected chi connectivity index (χ3v) is 3.86. The minimum absolute atomic E-state index is 0.0582. The van der Waals surface area contributed by atoms with Crippen LogP contribution in [0.1, 0.15) is 19.3 Å². The van der Waals surface area contributed by atoms with Gasteiger partial charge in [-0.15, -0.1) is 0 Å². The van der Waals surface area contributed by atoms with Gasteiger partial charge in [-0.05, 0) is 42.8 Å². The van der Waals surface area contributed by atoms with Gasteiger partial charge in [0.2, 0.25) is 5.91 Å². The number of nitrogens with zero attached hydrogens (tertiary/aromatic N) is 3. The third kappa shape index (κ3) is 2.96. The topological polar surface area (TPSA) is 65.9 Å². The first-order valence-electron chi connectivity index (χ1n) is 7.03. The van der Waals surface area contributed by atoms with E-state index in [0.717, 1.165) is 6.42 Å². The van der Waals surface area contributed by atoms with Crippen LogP contribution in [0, 0.1) is 0 Å². The molecule has 1 heterocycles. The van der Waals surface area contributed by atoms with Crippen molar-refractivity contribution < 1.29 is 14.3 Å². The Morgan fingerprint density at radius 3 is 2.64 bits per heavy atom. The fourth-order valence-electron chi connectivity index (χ4n) is 2.54. The van der Waals surface area contributed by atoms with Crippen LogP contribution in [0.15, 0.2) is 47.9 Å². The highest BCUT2D eigenvalue weighted by molar-refractivity contribution is 6.30. The van der Waals surface area contributed by atoms with Crippen LogP contribution in [0.2, 0.25) is 5.02 Å². The predicted molar refractivity (Wildman–Crippen MR) is 82.4 cm³/mol. The number of rotatable bonds is 3. The fraction of sp³-hybridized carbons (Fsp3) is 0.250. The fourth-order valence-corrected chi connectivity index (χ4v) is 2.67. The first-order chi connectivity index (χ1) is 10.7. The SMILES string of the molecule is [N-]=[N+]=C1CC(Oc2ccc(Cl)cc2)=CC=C1N1CCCC1=O. The van der Waals surface area contributed by atoms with Crippen molar-refractivity contribution in [2.45, 2.75) is 19.3 Å². The smallest absolute Gasteiger partial charge is 0.322 e. The molecular formula is C16H14ClN3O2. The lowest BCUT2D eigenvalue weighted by molar-refractivity contribution is -0.126. The van der Waals surface area contributed by atoms with Crippen LogP contribution in [0.3, 0.4) is 0 Å². The summed E-state index contributed by atoms with van der Waals surface area (Å²) >= 11 is 5.84. The molecule has 3 rings (SSSR count). The summed E-state index contributed by atoms with van der Waals surface area (Å²) in [5, 5.41) is 0.636. The predicted octanol–water partition coefficient (Wildman–Crippen LogP) is 3.18. The summed E-state index contributed by atoms with van der Waals surface area (Å²) in [7, 11) is 0. The van der Waals surface area contributed by atoms with E-state index in [1.807, 2.05) is 0 Å². The van der Waals surface area contributed by atoms with Crippen molar-refractivity contribution in [1.29, 1.82) is 0 Å². The minimum atomic E-state index is 0.0582. The largest absolute Gasteiger partial charge is 0.461 e. The number of halogens is 1. The van der Waals surface area contributed by atoms with E-state index in [4.69, 9.17) is 16.3 Å². The third-order valence-electron chi connectivity index (χ3n) is 3.61. The number of hydrogen-bond donors (Lipinski definition) is 0. The molecule has 0 aromatic heterocycles. The molecule has 0 N–H and O–H groups in total. The molecule has 1 aliphatic heterocycles. The number of benzene rings is 1. The molecule has 2 aliphatic rings. The zero-order valence-electron chi connectivity index (χ0n) is 11.8. The van der Waals surface area contributed by atoms with Gasteiger partial charge in [-0.2, -0.15) is 4.79 Å². The van der Waals surface area contributed by atoms with Crippen molar-refractivity contribution in [2.75, 3.05) is 6.54 Å². The van der Waals surface area contributed by atoms with Gasteiger partial charge < -0.3 is 15.2 Å². The monoisotopic (exact) mass is 315 g/mol. The van der Waals surface area contributed by atoms with Gasteiger partial charge in [0.1, 0.15) is 23.6 Å². The standard InChI is InChI=1S/C16H14ClN3O2/c17-11-3-5-12(6-4-11)22-13-7-8-15(14(10-13)19-18)20-9-1-2-16(20)21/h3-8H,1-2,9-10H2. The Morgan fingerprint density at radius 2 is 2.00 bits per heavy atom. The Bertz CT molecular complexity index is 715. The van der Waals surface area contributed by atoms with E-state index in [2.05, 4.69) is 4.79 Å². The van der Waals surface area contributed by atoms with Crippen molar-refractivity contribution in [3.8, 4) is 5.75 Å². The van der Waals surface area contributed by atoms with Crippen LogP contribution in [-0.2, 0) is 4.79 Å². The maximum atomic E-state index is 11.8. The Balaban J connectivity index is 1.82. The second-order valence-corrected chi connectivity index (χ2v) is 5.55. The Labute approximate surface area is 133 Å². The molecule has 1 aromatic carbocycles. The van der Waals surface area contributed by atoms with Crippen molar-refractivity contribution in [3.05, 3.63) is 58.4 Å². The summed E-state index contributed by atoms with van der Waals surface area (Å²) in [5.74, 6) is 1.36. The highest BCUT2D eigenvalue weighted by atomic mass is 35.5. The molecule has 0 bridgehead atoms. The molecule has 1 fully saturated rings. The lowest BCUT2D eigenvalue weighted by Gasteiger charge is -2.19. The second-order valence-electron chi connectivity index (χ2n) is 5.11. The van der Waals surface area contributed by atoms with E-state index in [0.29, 0.717) is 47.3 Å². The molecule has 6 heteroatoms. The highest BCUT2D eigenvalue weighted by Gasteiger charge is 2.32. The minimum Gasteiger partial charge on any atom is -0.461 e. The molecule has 0 atom stereocenters. The van der Waals surface area contributed by atoms with Crippen LogP contribution in [0.4, 0.5) is 0 Å². The molecule has 1 aromatic rings. The molecule has 112 valence electrons. The van der Waals surface area contributed by atoms with Gasteiger partial charge in [-0.1, -0.05) is 11.6 Å². The van der Waals surface area contributed by atoms with Gasteiger partial charge in [0, 0.05) is 18.0 Å². The van der Waals surface area contributed by atoms with Crippen LogP contribution < -0.4 is 4.74 Å². The van der Waals surface area contributed by atoms with E-state index in [-0.39, 0.29) is 5.91 Å². The van der Waals surface area contributed by atoms with Gasteiger partial charge in [-0.25, -0.2) is 0 Å². The van der Waals surface area contributed by atoms with E-state index in [9.17, 15) is 10.3 Å². The molecule has 1 amide bonds. The Kier molecular flexibility index (Phi) is 4.09. The van der Waals surface area contributed by atoms with Gasteiger partial charge in [-0.3, -0.25) is 4.79 Å². The molecule has 0 spiro atoms. The quantitative estimate of drug-likeness (QED) is 0.635.